The van der Waals surface area contributed by atoms with E-state index in [0.29, 0.717) is 0 Å². The zero-order chi connectivity index (χ0) is 10.8. The van der Waals surface area contributed by atoms with E-state index in [9.17, 15) is 0 Å². The van der Waals surface area contributed by atoms with Gasteiger partial charge in [0.25, 0.3) is 0 Å². The van der Waals surface area contributed by atoms with Crippen LogP contribution in [0, 0.1) is 17.7 Å². The molecule has 0 radical (unpaired) electrons. The van der Waals surface area contributed by atoms with E-state index in [0.717, 1.165) is 15.3 Å². The van der Waals surface area contributed by atoms with Crippen molar-refractivity contribution in [1.82, 2.24) is 9.36 Å². The molecule has 2 aromatic rings. The number of benzene rings is 1. The average molecular weight is 330 g/mol. The minimum absolute atomic E-state index is 0.845. The molecular weight excluding hydrogens is 319 g/mol. The van der Waals surface area contributed by atoms with E-state index in [1.165, 1.54) is 28.2 Å². The van der Waals surface area contributed by atoms with Crippen LogP contribution in [0.5, 0.6) is 0 Å². The van der Waals surface area contributed by atoms with Crippen molar-refractivity contribution in [2.75, 3.05) is 0 Å². The van der Waals surface area contributed by atoms with Crippen LogP contribution in [-0.2, 0) is 6.42 Å². The molecule has 2 rings (SSSR count). The summed E-state index contributed by atoms with van der Waals surface area (Å²) < 4.78 is 5.03. The van der Waals surface area contributed by atoms with Crippen LogP contribution in [0.2, 0.25) is 0 Å². The number of aryl methyl sites for hydroxylation is 2. The van der Waals surface area contributed by atoms with E-state index < -0.39 is 0 Å². The molecule has 1 heterocycles. The minimum atomic E-state index is 0.845. The lowest BCUT2D eigenvalue weighted by atomic mass is 10.0. The van der Waals surface area contributed by atoms with Crippen molar-refractivity contribution in [2.24, 2.45) is 0 Å². The van der Waals surface area contributed by atoms with Gasteiger partial charge in [0.05, 0.1) is 0 Å². The van der Waals surface area contributed by atoms with Crippen LogP contribution in [0.4, 0.5) is 0 Å². The topological polar surface area (TPSA) is 25.8 Å². The monoisotopic (exact) mass is 330 g/mol. The zero-order valence-electron chi connectivity index (χ0n) is 8.62. The van der Waals surface area contributed by atoms with E-state index in [4.69, 9.17) is 0 Å². The molecule has 0 unspecified atom stereocenters. The van der Waals surface area contributed by atoms with Crippen molar-refractivity contribution in [2.45, 2.75) is 20.3 Å². The number of halogens is 1. The molecule has 0 bridgehead atoms. The van der Waals surface area contributed by atoms with E-state index in [1.54, 1.807) is 0 Å². The highest BCUT2D eigenvalue weighted by Crippen LogP contribution is 2.17. The van der Waals surface area contributed by atoms with Gasteiger partial charge in [-0.15, -0.1) is 0 Å². The molecule has 15 heavy (non-hydrogen) atoms. The summed E-state index contributed by atoms with van der Waals surface area (Å²) in [4.78, 5) is 4.37. The summed E-state index contributed by atoms with van der Waals surface area (Å²) in [5, 5.41) is 1.09. The maximum atomic E-state index is 4.37. The van der Waals surface area contributed by atoms with Gasteiger partial charge >= 0.3 is 0 Å². The van der Waals surface area contributed by atoms with Gasteiger partial charge in [-0.2, -0.15) is 4.37 Å². The van der Waals surface area contributed by atoms with Gasteiger partial charge in [-0.05, 0) is 36.5 Å². The second-order valence-electron chi connectivity index (χ2n) is 3.56. The summed E-state index contributed by atoms with van der Waals surface area (Å²) in [6, 6.07) is 6.53. The highest BCUT2D eigenvalue weighted by atomic mass is 127. The number of hydrogen-bond acceptors (Lipinski definition) is 3. The molecule has 0 saturated heterocycles. The molecule has 78 valence electrons. The maximum absolute atomic E-state index is 4.37. The van der Waals surface area contributed by atoms with Gasteiger partial charge in [0.1, 0.15) is 5.01 Å². The predicted octanol–water partition coefficient (Wildman–Crippen LogP) is 3.35. The second-order valence-corrected chi connectivity index (χ2v) is 5.37. The molecule has 0 aliphatic rings. The lowest BCUT2D eigenvalue weighted by molar-refractivity contribution is 1.08. The molecule has 0 fully saturated rings. The molecule has 0 atom stereocenters. The van der Waals surface area contributed by atoms with Gasteiger partial charge in [-0.25, -0.2) is 4.98 Å². The number of hydrogen-bond donors (Lipinski definition) is 0. The average Bonchev–Trinajstić information content (AvgIpc) is 2.58. The van der Waals surface area contributed by atoms with Crippen LogP contribution in [-0.4, -0.2) is 9.36 Å². The first-order valence-electron chi connectivity index (χ1n) is 4.69. The molecule has 0 spiro atoms. The van der Waals surface area contributed by atoms with Gasteiger partial charge in [-0.1, -0.05) is 23.8 Å². The normalized spacial score (nSPS) is 10.6. The zero-order valence-corrected chi connectivity index (χ0v) is 11.6. The van der Waals surface area contributed by atoms with E-state index in [1.807, 2.05) is 0 Å². The lowest BCUT2D eigenvalue weighted by Crippen LogP contribution is -1.92. The summed E-state index contributed by atoms with van der Waals surface area (Å²) in [5.74, 6) is 0. The molecule has 2 nitrogen and oxygen atoms in total. The maximum Gasteiger partial charge on any atom is 0.203 e. The van der Waals surface area contributed by atoms with Crippen LogP contribution >= 0.6 is 34.1 Å². The SMILES string of the molecule is Cc1ccc(C)c(Cc2nc(I)ns2)c1. The third-order valence-electron chi connectivity index (χ3n) is 2.29. The molecule has 0 N–H and O–H groups in total. The molecule has 1 aromatic heterocycles. The quantitative estimate of drug-likeness (QED) is 0.789. The summed E-state index contributed by atoms with van der Waals surface area (Å²) in [6.45, 7) is 4.26. The Morgan fingerprint density at radius 2 is 2.13 bits per heavy atom. The Morgan fingerprint density at radius 3 is 2.80 bits per heavy atom. The first kappa shape index (κ1) is 11.0. The first-order chi connectivity index (χ1) is 7.15. The Bertz CT molecular complexity index is 479. The summed E-state index contributed by atoms with van der Waals surface area (Å²) in [6.07, 6.45) is 0.897. The van der Waals surface area contributed by atoms with E-state index >= 15 is 0 Å². The number of nitrogens with zero attached hydrogens (tertiary/aromatic N) is 2. The molecule has 0 amide bonds. The van der Waals surface area contributed by atoms with Crippen LogP contribution in [0.15, 0.2) is 18.2 Å². The van der Waals surface area contributed by atoms with Crippen LogP contribution in [0.25, 0.3) is 0 Å². The third kappa shape index (κ3) is 2.75. The molecule has 4 heteroatoms. The molecule has 0 aliphatic heterocycles. The summed E-state index contributed by atoms with van der Waals surface area (Å²) in [5.41, 5.74) is 3.98. The summed E-state index contributed by atoms with van der Waals surface area (Å²) >= 11 is 3.64. The predicted molar refractivity (Wildman–Crippen MR) is 71.3 cm³/mol. The Kier molecular flexibility index (Phi) is 3.35. The van der Waals surface area contributed by atoms with Gasteiger partial charge in [0.15, 0.2) is 0 Å². The summed E-state index contributed by atoms with van der Waals surface area (Å²) in [7, 11) is 0. The van der Waals surface area contributed by atoms with Gasteiger partial charge < -0.3 is 0 Å². The van der Waals surface area contributed by atoms with Crippen molar-refractivity contribution in [1.29, 1.82) is 0 Å². The van der Waals surface area contributed by atoms with Crippen molar-refractivity contribution >= 4 is 34.1 Å². The first-order valence-corrected chi connectivity index (χ1v) is 6.54. The number of aromatic nitrogens is 2. The van der Waals surface area contributed by atoms with Crippen molar-refractivity contribution in [3.63, 3.8) is 0 Å². The largest absolute Gasteiger partial charge is 0.214 e. The smallest absolute Gasteiger partial charge is 0.203 e. The van der Waals surface area contributed by atoms with Gasteiger partial charge in [-0.3, -0.25) is 0 Å². The van der Waals surface area contributed by atoms with Crippen LogP contribution in [0.3, 0.4) is 0 Å². The minimum Gasteiger partial charge on any atom is -0.214 e. The Morgan fingerprint density at radius 1 is 1.33 bits per heavy atom. The van der Waals surface area contributed by atoms with Crippen molar-refractivity contribution < 1.29 is 0 Å². The fraction of sp³-hybridized carbons (Fsp3) is 0.273. The number of rotatable bonds is 2. The molecule has 1 aromatic carbocycles. The van der Waals surface area contributed by atoms with E-state index in [-0.39, 0.29) is 0 Å². The Labute approximate surface area is 107 Å². The van der Waals surface area contributed by atoms with E-state index in [2.05, 4.69) is 64.0 Å². The molecule has 0 saturated carbocycles. The molecular formula is C11H11IN2S. The fourth-order valence-corrected chi connectivity index (χ4v) is 2.78. The van der Waals surface area contributed by atoms with Crippen LogP contribution < -0.4 is 0 Å². The highest BCUT2D eigenvalue weighted by Gasteiger charge is 2.05. The lowest BCUT2D eigenvalue weighted by Gasteiger charge is -2.04. The van der Waals surface area contributed by atoms with Crippen LogP contribution in [0.1, 0.15) is 21.7 Å². The van der Waals surface area contributed by atoms with Crippen molar-refractivity contribution in [3.8, 4) is 0 Å². The second kappa shape index (κ2) is 4.57. The third-order valence-corrected chi connectivity index (χ3v) is 3.81. The Balaban J connectivity index is 2.27. The van der Waals surface area contributed by atoms with Gasteiger partial charge in [0, 0.05) is 29.0 Å². The molecule has 0 aliphatic carbocycles. The van der Waals surface area contributed by atoms with Gasteiger partial charge in [0.2, 0.25) is 3.83 Å². The van der Waals surface area contributed by atoms with Crippen molar-refractivity contribution in [3.05, 3.63) is 43.7 Å². The standard InChI is InChI=1S/C11H11IN2S/c1-7-3-4-8(2)9(5-7)6-10-13-11(12)14-15-10/h3-5H,6H2,1-2H3. The fourth-order valence-electron chi connectivity index (χ4n) is 1.46. The highest BCUT2D eigenvalue weighted by molar-refractivity contribution is 14.1. The Hall–Kier alpha value is -0.490.